The fraction of sp³-hybridized carbons (Fsp3) is 0.421. The van der Waals surface area contributed by atoms with Crippen LogP contribution in [0.15, 0.2) is 46.8 Å². The molecular formula is C19H27FN4S. The van der Waals surface area contributed by atoms with Crippen molar-refractivity contribution in [3.8, 4) is 0 Å². The van der Waals surface area contributed by atoms with Gasteiger partial charge in [0.1, 0.15) is 5.82 Å². The normalized spacial score (nSPS) is 13.1. The summed E-state index contributed by atoms with van der Waals surface area (Å²) in [4.78, 5) is 10.0. The Hall–Kier alpha value is -1.92. The summed E-state index contributed by atoms with van der Waals surface area (Å²) in [6, 6.07) is 11.1. The monoisotopic (exact) mass is 362 g/mol. The summed E-state index contributed by atoms with van der Waals surface area (Å²) >= 11 is 1.78. The Bertz CT molecular complexity index is 653. The van der Waals surface area contributed by atoms with Crippen LogP contribution in [0.2, 0.25) is 0 Å². The molecule has 25 heavy (non-hydrogen) atoms. The number of nitrogens with zero attached hydrogens (tertiary/aromatic N) is 3. The molecule has 0 aliphatic rings. The molecule has 0 fully saturated rings. The highest BCUT2D eigenvalue weighted by molar-refractivity contribution is 7.09. The summed E-state index contributed by atoms with van der Waals surface area (Å²) in [6.07, 6.45) is 1.00. The predicted molar refractivity (Wildman–Crippen MR) is 105 cm³/mol. The molecule has 0 saturated heterocycles. The molecule has 1 N–H and O–H groups in total. The van der Waals surface area contributed by atoms with E-state index in [-0.39, 0.29) is 11.9 Å². The Balaban J connectivity index is 1.93. The van der Waals surface area contributed by atoms with Gasteiger partial charge in [-0.15, -0.1) is 11.3 Å². The molecule has 0 spiro atoms. The minimum Gasteiger partial charge on any atom is -0.354 e. The fourth-order valence-corrected chi connectivity index (χ4v) is 3.39. The van der Waals surface area contributed by atoms with Crippen LogP contribution in [0.5, 0.6) is 0 Å². The zero-order valence-corrected chi connectivity index (χ0v) is 16.2. The van der Waals surface area contributed by atoms with E-state index in [1.165, 1.54) is 17.0 Å². The lowest BCUT2D eigenvalue weighted by molar-refractivity contribution is 0.295. The standard InChI is InChI=1S/C19H27FN4S/c1-21-19(24(4)12-11-17-6-5-13-25-17)22-14-18(23(2)3)15-7-9-16(20)10-8-15/h5-10,13,18H,11-12,14H2,1-4H3,(H,21,22). The summed E-state index contributed by atoms with van der Waals surface area (Å²) in [7, 11) is 7.90. The molecule has 6 heteroatoms. The minimum absolute atomic E-state index is 0.142. The number of benzene rings is 1. The summed E-state index contributed by atoms with van der Waals surface area (Å²) < 4.78 is 13.2. The lowest BCUT2D eigenvalue weighted by atomic mass is 10.1. The molecule has 2 rings (SSSR count). The second-order valence-corrected chi connectivity index (χ2v) is 7.24. The zero-order chi connectivity index (χ0) is 18.2. The van der Waals surface area contributed by atoms with E-state index in [0.717, 1.165) is 24.5 Å². The maximum Gasteiger partial charge on any atom is 0.193 e. The van der Waals surface area contributed by atoms with E-state index >= 15 is 0 Å². The van der Waals surface area contributed by atoms with Crippen LogP contribution in [-0.2, 0) is 6.42 Å². The topological polar surface area (TPSA) is 30.9 Å². The first-order valence-electron chi connectivity index (χ1n) is 8.37. The van der Waals surface area contributed by atoms with Crippen molar-refractivity contribution in [3.05, 3.63) is 58.0 Å². The van der Waals surface area contributed by atoms with Crippen LogP contribution in [0.4, 0.5) is 4.39 Å². The lowest BCUT2D eigenvalue weighted by Crippen LogP contribution is -2.43. The Labute approximate surface area is 154 Å². The van der Waals surface area contributed by atoms with Crippen molar-refractivity contribution in [3.63, 3.8) is 0 Å². The van der Waals surface area contributed by atoms with Crippen LogP contribution < -0.4 is 5.32 Å². The number of likely N-dealkylation sites (N-methyl/N-ethyl adjacent to an activating group) is 2. The van der Waals surface area contributed by atoms with E-state index in [2.05, 4.69) is 37.6 Å². The van der Waals surface area contributed by atoms with E-state index in [9.17, 15) is 4.39 Å². The van der Waals surface area contributed by atoms with Gasteiger partial charge in [-0.3, -0.25) is 4.99 Å². The van der Waals surface area contributed by atoms with Crippen molar-refractivity contribution in [1.29, 1.82) is 0 Å². The third-order valence-corrected chi connectivity index (χ3v) is 5.11. The number of halogens is 1. The van der Waals surface area contributed by atoms with E-state index in [0.29, 0.717) is 6.54 Å². The first kappa shape index (κ1) is 19.4. The van der Waals surface area contributed by atoms with Crippen molar-refractivity contribution in [2.24, 2.45) is 4.99 Å². The molecule has 0 radical (unpaired) electrons. The van der Waals surface area contributed by atoms with Crippen molar-refractivity contribution in [2.45, 2.75) is 12.5 Å². The molecule has 0 aliphatic carbocycles. The molecule has 1 aromatic heterocycles. The Morgan fingerprint density at radius 1 is 1.20 bits per heavy atom. The number of hydrogen-bond donors (Lipinski definition) is 1. The molecule has 2 aromatic rings. The van der Waals surface area contributed by atoms with Crippen LogP contribution >= 0.6 is 11.3 Å². The Morgan fingerprint density at radius 2 is 1.92 bits per heavy atom. The molecular weight excluding hydrogens is 335 g/mol. The molecule has 0 bridgehead atoms. The van der Waals surface area contributed by atoms with Gasteiger partial charge in [-0.05, 0) is 49.7 Å². The molecule has 1 unspecified atom stereocenters. The second kappa shape index (κ2) is 9.53. The number of hydrogen-bond acceptors (Lipinski definition) is 3. The van der Waals surface area contributed by atoms with Gasteiger partial charge in [0.05, 0.1) is 6.04 Å². The predicted octanol–water partition coefficient (Wildman–Crippen LogP) is 3.24. The van der Waals surface area contributed by atoms with Gasteiger partial charge < -0.3 is 15.1 Å². The summed E-state index contributed by atoms with van der Waals surface area (Å²) in [5.74, 6) is 0.656. The van der Waals surface area contributed by atoms with Crippen molar-refractivity contribution < 1.29 is 4.39 Å². The number of rotatable bonds is 7. The quantitative estimate of drug-likeness (QED) is 0.606. The van der Waals surface area contributed by atoms with Gasteiger partial charge in [0.2, 0.25) is 0 Å². The third-order valence-electron chi connectivity index (χ3n) is 4.18. The van der Waals surface area contributed by atoms with Gasteiger partial charge in [0, 0.05) is 32.1 Å². The number of guanidine groups is 1. The van der Waals surface area contributed by atoms with Crippen molar-refractivity contribution in [2.75, 3.05) is 41.3 Å². The van der Waals surface area contributed by atoms with Gasteiger partial charge in [-0.25, -0.2) is 4.39 Å². The largest absolute Gasteiger partial charge is 0.354 e. The summed E-state index contributed by atoms with van der Waals surface area (Å²) in [6.45, 7) is 1.61. The average molecular weight is 363 g/mol. The van der Waals surface area contributed by atoms with Crippen LogP contribution in [-0.4, -0.2) is 57.0 Å². The maximum atomic E-state index is 13.2. The van der Waals surface area contributed by atoms with E-state index in [1.807, 2.05) is 33.3 Å². The van der Waals surface area contributed by atoms with Gasteiger partial charge in [-0.2, -0.15) is 0 Å². The summed E-state index contributed by atoms with van der Waals surface area (Å²) in [5, 5.41) is 5.54. The first-order valence-corrected chi connectivity index (χ1v) is 9.25. The highest BCUT2D eigenvalue weighted by atomic mass is 32.1. The maximum absolute atomic E-state index is 13.2. The Morgan fingerprint density at radius 3 is 2.48 bits per heavy atom. The fourth-order valence-electron chi connectivity index (χ4n) is 2.69. The average Bonchev–Trinajstić information content (AvgIpc) is 3.11. The first-order chi connectivity index (χ1) is 12.0. The van der Waals surface area contributed by atoms with E-state index < -0.39 is 0 Å². The van der Waals surface area contributed by atoms with Gasteiger partial charge in [-0.1, -0.05) is 18.2 Å². The second-order valence-electron chi connectivity index (χ2n) is 6.21. The highest BCUT2D eigenvalue weighted by Crippen LogP contribution is 2.18. The lowest BCUT2D eigenvalue weighted by Gasteiger charge is -2.28. The smallest absolute Gasteiger partial charge is 0.193 e. The molecule has 4 nitrogen and oxygen atoms in total. The minimum atomic E-state index is -0.210. The van der Waals surface area contributed by atoms with E-state index in [4.69, 9.17) is 0 Å². The number of aliphatic imine (C=N–C) groups is 1. The van der Waals surface area contributed by atoms with Gasteiger partial charge in [0.15, 0.2) is 5.96 Å². The summed E-state index contributed by atoms with van der Waals surface area (Å²) in [5.41, 5.74) is 1.08. The van der Waals surface area contributed by atoms with Gasteiger partial charge >= 0.3 is 0 Å². The van der Waals surface area contributed by atoms with E-state index in [1.54, 1.807) is 18.4 Å². The number of nitrogens with one attached hydrogen (secondary N) is 1. The van der Waals surface area contributed by atoms with Crippen LogP contribution in [0.1, 0.15) is 16.5 Å². The highest BCUT2D eigenvalue weighted by Gasteiger charge is 2.16. The molecule has 0 amide bonds. The molecule has 136 valence electrons. The molecule has 0 aliphatic heterocycles. The van der Waals surface area contributed by atoms with Crippen molar-refractivity contribution >= 4 is 17.3 Å². The number of thiophene rings is 1. The third kappa shape index (κ3) is 5.83. The molecule has 1 heterocycles. The van der Waals surface area contributed by atoms with Crippen LogP contribution in [0.25, 0.3) is 0 Å². The molecule has 1 aromatic carbocycles. The SMILES string of the molecule is CN=C(NCC(c1ccc(F)cc1)N(C)C)N(C)CCc1cccs1. The van der Waals surface area contributed by atoms with Crippen molar-refractivity contribution in [1.82, 2.24) is 15.1 Å². The van der Waals surface area contributed by atoms with Crippen LogP contribution in [0, 0.1) is 5.82 Å². The Kier molecular flexibility index (Phi) is 7.40. The van der Waals surface area contributed by atoms with Crippen LogP contribution in [0.3, 0.4) is 0 Å². The molecule has 0 saturated carbocycles. The molecule has 1 atom stereocenters. The van der Waals surface area contributed by atoms with Gasteiger partial charge in [0.25, 0.3) is 0 Å². The zero-order valence-electron chi connectivity index (χ0n) is 15.4.